The molecule has 0 aromatic heterocycles. The van der Waals surface area contributed by atoms with Crippen LogP contribution in [0.3, 0.4) is 0 Å². The standard InChI is InChI=1S/C12H18N2O5S/c1-8(12(13)15)14(20(4,16)17)10-7-9(18-2)5-6-11(10)19-3/h5-8H,1-4H3,(H2,13,15)/t8-/m0/s1. The number of nitrogens with two attached hydrogens (primary N) is 1. The Morgan fingerprint density at radius 3 is 2.30 bits per heavy atom. The van der Waals surface area contributed by atoms with Crippen molar-refractivity contribution in [1.82, 2.24) is 0 Å². The summed E-state index contributed by atoms with van der Waals surface area (Å²) in [5.74, 6) is -0.0317. The molecule has 0 heterocycles. The zero-order valence-electron chi connectivity index (χ0n) is 11.8. The SMILES string of the molecule is COc1ccc(OC)c(N([C@@H](C)C(N)=O)S(C)(=O)=O)c1. The highest BCUT2D eigenvalue weighted by Crippen LogP contribution is 2.34. The molecule has 0 saturated heterocycles. The molecule has 20 heavy (non-hydrogen) atoms. The number of benzene rings is 1. The average molecular weight is 302 g/mol. The van der Waals surface area contributed by atoms with Gasteiger partial charge in [-0.1, -0.05) is 0 Å². The monoisotopic (exact) mass is 302 g/mol. The minimum atomic E-state index is -3.72. The molecule has 0 radical (unpaired) electrons. The number of anilines is 1. The molecule has 1 atom stereocenters. The largest absolute Gasteiger partial charge is 0.497 e. The second-order valence-corrected chi connectivity index (χ2v) is 6.03. The number of nitrogens with zero attached hydrogens (tertiary/aromatic N) is 1. The Balaban J connectivity index is 3.51. The lowest BCUT2D eigenvalue weighted by atomic mass is 10.2. The van der Waals surface area contributed by atoms with Gasteiger partial charge in [-0.05, 0) is 19.1 Å². The molecule has 0 aliphatic rings. The molecule has 1 aromatic carbocycles. The first-order valence-corrected chi connectivity index (χ1v) is 7.58. The Morgan fingerprint density at radius 2 is 1.90 bits per heavy atom. The number of amides is 1. The maximum absolute atomic E-state index is 12.0. The normalized spacial score (nSPS) is 12.6. The third kappa shape index (κ3) is 3.32. The van der Waals surface area contributed by atoms with Crippen LogP contribution in [0.1, 0.15) is 6.92 Å². The first-order valence-electron chi connectivity index (χ1n) is 5.73. The van der Waals surface area contributed by atoms with Crippen molar-refractivity contribution in [2.45, 2.75) is 13.0 Å². The van der Waals surface area contributed by atoms with Crippen molar-refractivity contribution in [3.8, 4) is 11.5 Å². The van der Waals surface area contributed by atoms with Crippen LogP contribution in [-0.4, -0.2) is 40.8 Å². The Bertz CT molecular complexity index is 600. The van der Waals surface area contributed by atoms with E-state index in [9.17, 15) is 13.2 Å². The second kappa shape index (κ2) is 6.00. The van der Waals surface area contributed by atoms with Gasteiger partial charge in [-0.3, -0.25) is 9.10 Å². The Morgan fingerprint density at radius 1 is 1.30 bits per heavy atom. The molecule has 1 rings (SSSR count). The number of methoxy groups -OCH3 is 2. The van der Waals surface area contributed by atoms with Gasteiger partial charge in [-0.25, -0.2) is 8.42 Å². The number of sulfonamides is 1. The number of primary amides is 1. The van der Waals surface area contributed by atoms with E-state index in [0.717, 1.165) is 10.6 Å². The van der Waals surface area contributed by atoms with Crippen molar-refractivity contribution in [2.24, 2.45) is 5.73 Å². The number of carbonyl (C=O) groups excluding carboxylic acids is 1. The first-order chi connectivity index (χ1) is 9.22. The lowest BCUT2D eigenvalue weighted by Gasteiger charge is -2.28. The molecule has 2 N–H and O–H groups in total. The minimum Gasteiger partial charge on any atom is -0.497 e. The van der Waals surface area contributed by atoms with E-state index < -0.39 is 22.0 Å². The maximum Gasteiger partial charge on any atom is 0.241 e. The van der Waals surface area contributed by atoms with Gasteiger partial charge in [-0.15, -0.1) is 0 Å². The number of ether oxygens (including phenoxy) is 2. The first kappa shape index (κ1) is 16.1. The lowest BCUT2D eigenvalue weighted by Crippen LogP contribution is -2.46. The summed E-state index contributed by atoms with van der Waals surface area (Å²) in [6, 6.07) is 3.60. The molecule has 1 aromatic rings. The molecule has 8 heteroatoms. The summed E-state index contributed by atoms with van der Waals surface area (Å²) in [4.78, 5) is 11.4. The second-order valence-electron chi connectivity index (χ2n) is 4.17. The molecule has 0 spiro atoms. The Hall–Kier alpha value is -1.96. The number of hydrogen-bond donors (Lipinski definition) is 1. The van der Waals surface area contributed by atoms with Gasteiger partial charge in [0.05, 0.1) is 26.2 Å². The van der Waals surface area contributed by atoms with Crippen LogP contribution >= 0.6 is 0 Å². The van der Waals surface area contributed by atoms with Gasteiger partial charge in [0, 0.05) is 6.07 Å². The molecule has 112 valence electrons. The zero-order valence-corrected chi connectivity index (χ0v) is 12.6. The van der Waals surface area contributed by atoms with Crippen LogP contribution in [0, 0.1) is 0 Å². The topological polar surface area (TPSA) is 98.9 Å². The fourth-order valence-electron chi connectivity index (χ4n) is 1.76. The van der Waals surface area contributed by atoms with E-state index in [0.29, 0.717) is 11.5 Å². The highest BCUT2D eigenvalue weighted by molar-refractivity contribution is 7.92. The molecule has 0 unspecified atom stereocenters. The summed E-state index contributed by atoms with van der Waals surface area (Å²) >= 11 is 0. The van der Waals surface area contributed by atoms with Gasteiger partial charge in [-0.2, -0.15) is 0 Å². The number of hydrogen-bond acceptors (Lipinski definition) is 5. The van der Waals surface area contributed by atoms with E-state index in [4.69, 9.17) is 15.2 Å². The predicted molar refractivity (Wildman–Crippen MR) is 75.5 cm³/mol. The summed E-state index contributed by atoms with van der Waals surface area (Å²) in [6.45, 7) is 1.41. The van der Waals surface area contributed by atoms with Crippen LogP contribution in [0.15, 0.2) is 18.2 Å². The van der Waals surface area contributed by atoms with Gasteiger partial charge >= 0.3 is 0 Å². The minimum absolute atomic E-state index is 0.195. The lowest BCUT2D eigenvalue weighted by molar-refractivity contribution is -0.118. The number of carbonyl (C=O) groups is 1. The molecule has 7 nitrogen and oxygen atoms in total. The van der Waals surface area contributed by atoms with E-state index in [-0.39, 0.29) is 5.69 Å². The van der Waals surface area contributed by atoms with Crippen LogP contribution in [0.5, 0.6) is 11.5 Å². The number of rotatable bonds is 6. The van der Waals surface area contributed by atoms with Crippen molar-refractivity contribution in [3.63, 3.8) is 0 Å². The summed E-state index contributed by atoms with van der Waals surface area (Å²) < 4.78 is 35.0. The van der Waals surface area contributed by atoms with Gasteiger partial charge in [0.15, 0.2) is 0 Å². The molecule has 0 aliphatic carbocycles. The van der Waals surface area contributed by atoms with Crippen LogP contribution in [0.4, 0.5) is 5.69 Å². The Kier molecular flexibility index (Phi) is 4.83. The fraction of sp³-hybridized carbons (Fsp3) is 0.417. The van der Waals surface area contributed by atoms with Gasteiger partial charge < -0.3 is 15.2 Å². The third-order valence-corrected chi connectivity index (χ3v) is 3.97. The Labute approximate surface area is 118 Å². The van der Waals surface area contributed by atoms with E-state index in [1.54, 1.807) is 12.1 Å². The molecular formula is C12H18N2O5S. The summed E-state index contributed by atoms with van der Waals surface area (Å²) in [7, 11) is -0.867. The molecule has 0 bridgehead atoms. The van der Waals surface area contributed by atoms with E-state index in [1.165, 1.54) is 27.2 Å². The van der Waals surface area contributed by atoms with Crippen LogP contribution in [0.2, 0.25) is 0 Å². The highest BCUT2D eigenvalue weighted by Gasteiger charge is 2.30. The zero-order chi connectivity index (χ0) is 15.5. The third-order valence-electron chi connectivity index (χ3n) is 2.74. The molecule has 0 saturated carbocycles. The van der Waals surface area contributed by atoms with E-state index in [1.807, 2.05) is 0 Å². The van der Waals surface area contributed by atoms with Gasteiger partial charge in [0.2, 0.25) is 15.9 Å². The van der Waals surface area contributed by atoms with Crippen molar-refractivity contribution in [2.75, 3.05) is 24.8 Å². The van der Waals surface area contributed by atoms with Crippen LogP contribution in [0.25, 0.3) is 0 Å². The van der Waals surface area contributed by atoms with E-state index in [2.05, 4.69) is 0 Å². The van der Waals surface area contributed by atoms with Crippen molar-refractivity contribution in [1.29, 1.82) is 0 Å². The molecule has 0 aliphatic heterocycles. The molecular weight excluding hydrogens is 284 g/mol. The van der Waals surface area contributed by atoms with Crippen molar-refractivity contribution in [3.05, 3.63) is 18.2 Å². The maximum atomic E-state index is 12.0. The smallest absolute Gasteiger partial charge is 0.241 e. The van der Waals surface area contributed by atoms with Crippen LogP contribution in [-0.2, 0) is 14.8 Å². The summed E-state index contributed by atoms with van der Waals surface area (Å²) in [5, 5.41) is 0. The van der Waals surface area contributed by atoms with Gasteiger partial charge in [0.1, 0.15) is 17.5 Å². The summed E-state index contributed by atoms with van der Waals surface area (Å²) in [5.41, 5.74) is 5.41. The highest BCUT2D eigenvalue weighted by atomic mass is 32.2. The molecule has 1 amide bonds. The average Bonchev–Trinajstić information content (AvgIpc) is 2.36. The summed E-state index contributed by atoms with van der Waals surface area (Å²) in [6.07, 6.45) is 0.991. The van der Waals surface area contributed by atoms with Crippen LogP contribution < -0.4 is 19.5 Å². The molecule has 0 fully saturated rings. The van der Waals surface area contributed by atoms with Crippen molar-refractivity contribution < 1.29 is 22.7 Å². The van der Waals surface area contributed by atoms with E-state index >= 15 is 0 Å². The fourth-order valence-corrected chi connectivity index (χ4v) is 2.94. The van der Waals surface area contributed by atoms with Crippen molar-refractivity contribution >= 4 is 21.6 Å². The van der Waals surface area contributed by atoms with Gasteiger partial charge in [0.25, 0.3) is 0 Å². The quantitative estimate of drug-likeness (QED) is 0.817. The predicted octanol–water partition coefficient (Wildman–Crippen LogP) is 0.344.